The van der Waals surface area contributed by atoms with Crippen molar-refractivity contribution in [2.24, 2.45) is 17.3 Å². The van der Waals surface area contributed by atoms with Crippen LogP contribution >= 0.6 is 0 Å². The number of carboxylic acid groups (broad SMARTS) is 2. The van der Waals surface area contributed by atoms with E-state index in [0.717, 1.165) is 6.42 Å². The first-order valence-corrected chi connectivity index (χ1v) is 4.52. The van der Waals surface area contributed by atoms with Crippen LogP contribution in [0.3, 0.4) is 0 Å². The molecule has 2 rings (SSSR count). The summed E-state index contributed by atoms with van der Waals surface area (Å²) < 4.78 is 0. The molecule has 2 bridgehead atoms. The van der Waals surface area contributed by atoms with Gasteiger partial charge in [0.2, 0.25) is 0 Å². The van der Waals surface area contributed by atoms with E-state index in [-0.39, 0.29) is 29.6 Å². The van der Waals surface area contributed by atoms with Gasteiger partial charge < -0.3 is 10.2 Å². The molecule has 0 radical (unpaired) electrons. The Morgan fingerprint density at radius 1 is 1.29 bits per heavy atom. The molecule has 3 unspecified atom stereocenters. The Bertz CT molecular complexity index is 278. The number of hydrogen-bond donors (Lipinski definition) is 2. The van der Waals surface area contributed by atoms with Crippen LogP contribution in [-0.2, 0) is 9.59 Å². The molecule has 0 heterocycles. The molecule has 3 atom stereocenters. The number of hydrogen-bond acceptors (Lipinski definition) is 2. The summed E-state index contributed by atoms with van der Waals surface area (Å²) in [6.45, 7) is 0. The summed E-state index contributed by atoms with van der Waals surface area (Å²) in [6.07, 6.45) is 2.56. The Hall–Kier alpha value is -0.0600. The van der Waals surface area contributed by atoms with Crippen molar-refractivity contribution in [3.8, 4) is 0 Å². The van der Waals surface area contributed by atoms with Crippen LogP contribution in [0.15, 0.2) is 0 Å². The van der Waals surface area contributed by atoms with E-state index in [0.29, 0.717) is 25.2 Å². The second kappa shape index (κ2) is 3.83. The average molecular weight is 208 g/mol. The molecule has 2 saturated carbocycles. The Balaban J connectivity index is 0.000000980. The minimum atomic E-state index is -0.940. The monoisotopic (exact) mass is 208 g/mol. The molecule has 0 aromatic heterocycles. The van der Waals surface area contributed by atoms with Crippen LogP contribution in [-0.4, -0.2) is 51.7 Å². The van der Waals surface area contributed by atoms with Crippen molar-refractivity contribution in [3.05, 3.63) is 0 Å². The van der Waals surface area contributed by atoms with Gasteiger partial charge in [-0.15, -0.1) is 0 Å². The van der Waals surface area contributed by atoms with Crippen molar-refractivity contribution in [3.63, 3.8) is 0 Å². The van der Waals surface area contributed by atoms with Gasteiger partial charge in [-0.05, 0) is 31.6 Å². The predicted molar refractivity (Wildman–Crippen MR) is 50.3 cm³/mol. The summed E-state index contributed by atoms with van der Waals surface area (Å²) in [6, 6.07) is 0. The summed E-state index contributed by atoms with van der Waals surface area (Å²) in [5.41, 5.74) is -0.934. The van der Waals surface area contributed by atoms with Crippen molar-refractivity contribution in [2.75, 3.05) is 0 Å². The summed E-state index contributed by atoms with van der Waals surface area (Å²) in [5, 5.41) is 17.9. The second-order valence-electron chi connectivity index (χ2n) is 4.20. The molecule has 4 nitrogen and oxygen atoms in total. The number of rotatable bonds is 2. The first kappa shape index (κ1) is 12.0. The number of carbonyl (C=O) groups is 2. The predicted octanol–water partition coefficient (Wildman–Crippen LogP) is 0.314. The zero-order valence-corrected chi connectivity index (χ0v) is 7.19. The van der Waals surface area contributed by atoms with Crippen LogP contribution in [0.2, 0.25) is 0 Å². The molecule has 5 heteroatoms. The molecule has 74 valence electrons. The van der Waals surface area contributed by atoms with E-state index in [1.54, 1.807) is 0 Å². The van der Waals surface area contributed by atoms with E-state index in [1.165, 1.54) is 0 Å². The molecule has 2 aliphatic rings. The Labute approximate surface area is 104 Å². The minimum absolute atomic E-state index is 0. The third-order valence-corrected chi connectivity index (χ3v) is 3.61. The van der Waals surface area contributed by atoms with Crippen molar-refractivity contribution in [2.45, 2.75) is 25.7 Å². The van der Waals surface area contributed by atoms with E-state index >= 15 is 0 Å². The van der Waals surface area contributed by atoms with Crippen LogP contribution < -0.4 is 0 Å². The molecule has 0 saturated heterocycles. The van der Waals surface area contributed by atoms with E-state index in [9.17, 15) is 9.59 Å². The van der Waals surface area contributed by atoms with E-state index < -0.39 is 23.3 Å². The van der Waals surface area contributed by atoms with Gasteiger partial charge in [0.25, 0.3) is 0 Å². The molecule has 2 N–H and O–H groups in total. The molecule has 0 spiro atoms. The van der Waals surface area contributed by atoms with Gasteiger partial charge in [-0.1, -0.05) is 0 Å². The standard InChI is InChI=1S/C9H12O4.Na.H/c10-7(11)6-3-5-1-2-9(6,4-5)8(12)13;;/h5-6H,1-4H2,(H,10,11)(H,12,13);;. The molecule has 14 heavy (non-hydrogen) atoms. The maximum absolute atomic E-state index is 11.0. The van der Waals surface area contributed by atoms with Gasteiger partial charge in [0.1, 0.15) is 0 Å². The summed E-state index contributed by atoms with van der Waals surface area (Å²) in [7, 11) is 0. The molecule has 2 fully saturated rings. The van der Waals surface area contributed by atoms with E-state index in [2.05, 4.69) is 0 Å². The zero-order valence-electron chi connectivity index (χ0n) is 7.19. The van der Waals surface area contributed by atoms with Gasteiger partial charge in [-0.2, -0.15) is 0 Å². The van der Waals surface area contributed by atoms with Crippen LogP contribution in [0, 0.1) is 17.3 Å². The Kier molecular flexibility index (Phi) is 3.29. The molecular weight excluding hydrogens is 195 g/mol. The maximum atomic E-state index is 11.0. The normalized spacial score (nSPS) is 39.1. The van der Waals surface area contributed by atoms with Gasteiger partial charge in [-0.25, -0.2) is 0 Å². The number of fused-ring (bicyclic) bond motifs is 2. The van der Waals surface area contributed by atoms with Crippen molar-refractivity contribution < 1.29 is 19.8 Å². The van der Waals surface area contributed by atoms with Crippen molar-refractivity contribution in [1.82, 2.24) is 0 Å². The summed E-state index contributed by atoms with van der Waals surface area (Å²) in [4.78, 5) is 21.9. The van der Waals surface area contributed by atoms with Gasteiger partial charge in [0.15, 0.2) is 0 Å². The fourth-order valence-corrected chi connectivity index (χ4v) is 2.94. The van der Waals surface area contributed by atoms with Crippen LogP contribution in [0.1, 0.15) is 25.7 Å². The first-order valence-electron chi connectivity index (χ1n) is 4.52. The molecule has 0 amide bonds. The zero-order chi connectivity index (χ0) is 9.64. The van der Waals surface area contributed by atoms with Gasteiger partial charge in [0.05, 0.1) is 11.3 Å². The quantitative estimate of drug-likeness (QED) is 0.640. The molecule has 0 aliphatic heterocycles. The van der Waals surface area contributed by atoms with Crippen LogP contribution in [0.4, 0.5) is 0 Å². The van der Waals surface area contributed by atoms with Crippen molar-refractivity contribution in [1.29, 1.82) is 0 Å². The van der Waals surface area contributed by atoms with Gasteiger partial charge in [-0.3, -0.25) is 9.59 Å². The molecule has 0 aromatic carbocycles. The average Bonchev–Trinajstić information content (AvgIpc) is 2.60. The van der Waals surface area contributed by atoms with Crippen LogP contribution in [0.5, 0.6) is 0 Å². The topological polar surface area (TPSA) is 74.6 Å². The SMILES string of the molecule is O=C(O)C1CC2CCC1(C(=O)O)C2.[NaH]. The third-order valence-electron chi connectivity index (χ3n) is 3.61. The van der Waals surface area contributed by atoms with Gasteiger partial charge in [0, 0.05) is 0 Å². The fraction of sp³-hybridized carbons (Fsp3) is 0.778. The Morgan fingerprint density at radius 2 is 1.93 bits per heavy atom. The Morgan fingerprint density at radius 3 is 2.29 bits per heavy atom. The number of carboxylic acids is 2. The summed E-state index contributed by atoms with van der Waals surface area (Å²) in [5.74, 6) is -2.18. The van der Waals surface area contributed by atoms with Crippen LogP contribution in [0.25, 0.3) is 0 Å². The van der Waals surface area contributed by atoms with Crippen molar-refractivity contribution >= 4 is 41.5 Å². The summed E-state index contributed by atoms with van der Waals surface area (Å²) >= 11 is 0. The first-order chi connectivity index (χ1) is 6.06. The fourth-order valence-electron chi connectivity index (χ4n) is 2.94. The van der Waals surface area contributed by atoms with Gasteiger partial charge >= 0.3 is 41.5 Å². The van der Waals surface area contributed by atoms with E-state index in [4.69, 9.17) is 10.2 Å². The molecular formula is C9H13NaO4. The number of aliphatic carboxylic acids is 2. The van der Waals surface area contributed by atoms with E-state index in [1.807, 2.05) is 0 Å². The molecule has 0 aromatic rings. The third kappa shape index (κ3) is 1.49. The second-order valence-corrected chi connectivity index (χ2v) is 4.20. The molecule has 2 aliphatic carbocycles.